The first-order valence-corrected chi connectivity index (χ1v) is 7.67. The zero-order valence-electron chi connectivity index (χ0n) is 13.8. The van der Waals surface area contributed by atoms with Gasteiger partial charge in [0.25, 0.3) is 5.91 Å². The van der Waals surface area contributed by atoms with Crippen molar-refractivity contribution in [3.63, 3.8) is 0 Å². The number of hydrogen-bond donors (Lipinski definition) is 2. The second kappa shape index (κ2) is 6.62. The lowest BCUT2D eigenvalue weighted by Crippen LogP contribution is -2.14. The SMILES string of the molecule is CCc1nc2ccc(NC(=O)c3c(OC)cccc3OC)cc2[nH]1. The second-order valence-electron chi connectivity index (χ2n) is 5.26. The van der Waals surface area contributed by atoms with Crippen LogP contribution in [0.5, 0.6) is 11.5 Å². The van der Waals surface area contributed by atoms with Crippen LogP contribution in [0.3, 0.4) is 0 Å². The number of anilines is 1. The van der Waals surface area contributed by atoms with Gasteiger partial charge in [0.05, 0.1) is 25.3 Å². The summed E-state index contributed by atoms with van der Waals surface area (Å²) in [5.74, 6) is 1.55. The third kappa shape index (κ3) is 2.90. The fraction of sp³-hybridized carbons (Fsp3) is 0.222. The van der Waals surface area contributed by atoms with Crippen LogP contribution in [-0.2, 0) is 6.42 Å². The van der Waals surface area contributed by atoms with Gasteiger partial charge in [-0.3, -0.25) is 4.79 Å². The highest BCUT2D eigenvalue weighted by atomic mass is 16.5. The molecule has 1 heterocycles. The Balaban J connectivity index is 1.92. The summed E-state index contributed by atoms with van der Waals surface area (Å²) in [5, 5.41) is 2.88. The zero-order valence-corrected chi connectivity index (χ0v) is 13.8. The van der Waals surface area contributed by atoms with E-state index in [4.69, 9.17) is 9.47 Å². The zero-order chi connectivity index (χ0) is 17.1. The first-order valence-electron chi connectivity index (χ1n) is 7.67. The van der Waals surface area contributed by atoms with Crippen molar-refractivity contribution in [2.45, 2.75) is 13.3 Å². The van der Waals surface area contributed by atoms with E-state index in [1.54, 1.807) is 18.2 Å². The number of benzene rings is 2. The number of ether oxygens (including phenoxy) is 2. The number of imidazole rings is 1. The lowest BCUT2D eigenvalue weighted by atomic mass is 10.1. The van der Waals surface area contributed by atoms with Crippen molar-refractivity contribution in [1.29, 1.82) is 0 Å². The fourth-order valence-corrected chi connectivity index (χ4v) is 2.58. The van der Waals surface area contributed by atoms with Gasteiger partial charge in [0.2, 0.25) is 0 Å². The molecule has 0 saturated carbocycles. The van der Waals surface area contributed by atoms with Crippen LogP contribution < -0.4 is 14.8 Å². The minimum atomic E-state index is -0.293. The van der Waals surface area contributed by atoms with Crippen molar-refractivity contribution in [3.05, 3.63) is 47.8 Å². The third-order valence-electron chi connectivity index (χ3n) is 3.78. The maximum atomic E-state index is 12.7. The molecule has 0 bridgehead atoms. The summed E-state index contributed by atoms with van der Waals surface area (Å²) in [6, 6.07) is 10.8. The van der Waals surface area contributed by atoms with E-state index in [9.17, 15) is 4.79 Å². The number of carbonyl (C=O) groups is 1. The molecule has 0 atom stereocenters. The summed E-state index contributed by atoms with van der Waals surface area (Å²) in [6.45, 7) is 2.04. The summed E-state index contributed by atoms with van der Waals surface area (Å²) in [7, 11) is 3.04. The Labute approximate surface area is 139 Å². The molecule has 0 aliphatic rings. The Bertz CT molecular complexity index is 864. The van der Waals surface area contributed by atoms with Crippen molar-refractivity contribution in [3.8, 4) is 11.5 Å². The molecule has 3 rings (SSSR count). The molecule has 2 aromatic carbocycles. The standard InChI is InChI=1S/C18H19N3O3/c1-4-16-20-12-9-8-11(10-13(12)21-16)19-18(22)17-14(23-2)6-5-7-15(17)24-3/h5-10H,4H2,1-3H3,(H,19,22)(H,20,21). The first-order chi connectivity index (χ1) is 11.7. The number of carbonyl (C=O) groups excluding carboxylic acids is 1. The number of fused-ring (bicyclic) bond motifs is 1. The van der Waals surface area contributed by atoms with Crippen LogP contribution in [0.4, 0.5) is 5.69 Å². The highest BCUT2D eigenvalue weighted by molar-refractivity contribution is 6.08. The summed E-state index contributed by atoms with van der Waals surface area (Å²) < 4.78 is 10.6. The van der Waals surface area contributed by atoms with Crippen LogP contribution in [0.15, 0.2) is 36.4 Å². The van der Waals surface area contributed by atoms with E-state index in [2.05, 4.69) is 15.3 Å². The average molecular weight is 325 g/mol. The van der Waals surface area contributed by atoms with Crippen LogP contribution in [0, 0.1) is 0 Å². The number of hydrogen-bond acceptors (Lipinski definition) is 4. The maximum absolute atomic E-state index is 12.7. The van der Waals surface area contributed by atoms with E-state index >= 15 is 0 Å². The maximum Gasteiger partial charge on any atom is 0.263 e. The van der Waals surface area contributed by atoms with Gasteiger partial charge in [-0.05, 0) is 30.3 Å². The molecule has 0 aliphatic heterocycles. The van der Waals surface area contributed by atoms with Crippen LogP contribution in [0.2, 0.25) is 0 Å². The van der Waals surface area contributed by atoms with Gasteiger partial charge in [0.15, 0.2) is 0 Å². The van der Waals surface area contributed by atoms with Crippen molar-refractivity contribution in [2.75, 3.05) is 19.5 Å². The van der Waals surface area contributed by atoms with E-state index in [1.807, 2.05) is 25.1 Å². The molecule has 2 N–H and O–H groups in total. The fourth-order valence-electron chi connectivity index (χ4n) is 2.58. The van der Waals surface area contributed by atoms with Gasteiger partial charge in [-0.25, -0.2) is 4.98 Å². The number of aromatic nitrogens is 2. The number of nitrogens with one attached hydrogen (secondary N) is 2. The minimum Gasteiger partial charge on any atom is -0.496 e. The Morgan fingerprint density at radius 2 is 1.88 bits per heavy atom. The Hall–Kier alpha value is -3.02. The molecular formula is C18H19N3O3. The van der Waals surface area contributed by atoms with E-state index < -0.39 is 0 Å². The number of H-pyrrole nitrogens is 1. The Morgan fingerprint density at radius 1 is 1.17 bits per heavy atom. The number of aromatic amines is 1. The molecule has 0 radical (unpaired) electrons. The van der Waals surface area contributed by atoms with Crippen LogP contribution in [0.1, 0.15) is 23.1 Å². The molecule has 24 heavy (non-hydrogen) atoms. The van der Waals surface area contributed by atoms with Gasteiger partial charge in [-0.2, -0.15) is 0 Å². The van der Waals surface area contributed by atoms with Crippen LogP contribution in [-0.4, -0.2) is 30.1 Å². The predicted molar refractivity (Wildman–Crippen MR) is 93.0 cm³/mol. The topological polar surface area (TPSA) is 76.2 Å². The van der Waals surface area contributed by atoms with Gasteiger partial charge in [-0.1, -0.05) is 13.0 Å². The third-order valence-corrected chi connectivity index (χ3v) is 3.78. The van der Waals surface area contributed by atoms with E-state index in [0.29, 0.717) is 22.7 Å². The molecule has 6 heteroatoms. The smallest absolute Gasteiger partial charge is 0.263 e. The molecule has 1 amide bonds. The highest BCUT2D eigenvalue weighted by Crippen LogP contribution is 2.29. The van der Waals surface area contributed by atoms with Gasteiger partial charge in [0.1, 0.15) is 22.9 Å². The van der Waals surface area contributed by atoms with Crippen molar-refractivity contribution in [2.24, 2.45) is 0 Å². The quantitative estimate of drug-likeness (QED) is 0.754. The van der Waals surface area contributed by atoms with Crippen LogP contribution in [0.25, 0.3) is 11.0 Å². The summed E-state index contributed by atoms with van der Waals surface area (Å²) in [5.41, 5.74) is 2.80. The molecule has 124 valence electrons. The highest BCUT2D eigenvalue weighted by Gasteiger charge is 2.18. The molecule has 0 spiro atoms. The van der Waals surface area contributed by atoms with Gasteiger partial charge >= 0.3 is 0 Å². The average Bonchev–Trinajstić information content (AvgIpc) is 3.03. The molecule has 0 saturated heterocycles. The minimum absolute atomic E-state index is 0.293. The molecule has 0 unspecified atom stereocenters. The molecular weight excluding hydrogens is 306 g/mol. The number of nitrogens with zero attached hydrogens (tertiary/aromatic N) is 1. The van der Waals surface area contributed by atoms with E-state index in [0.717, 1.165) is 23.3 Å². The van der Waals surface area contributed by atoms with E-state index in [1.165, 1.54) is 14.2 Å². The lowest BCUT2D eigenvalue weighted by molar-refractivity contribution is 0.102. The van der Waals surface area contributed by atoms with Crippen molar-refractivity contribution < 1.29 is 14.3 Å². The largest absolute Gasteiger partial charge is 0.496 e. The molecule has 0 fully saturated rings. The number of methoxy groups -OCH3 is 2. The van der Waals surface area contributed by atoms with Gasteiger partial charge in [0, 0.05) is 12.1 Å². The summed E-state index contributed by atoms with van der Waals surface area (Å²) in [6.07, 6.45) is 0.828. The first kappa shape index (κ1) is 15.9. The normalized spacial score (nSPS) is 10.6. The lowest BCUT2D eigenvalue weighted by Gasteiger charge is -2.13. The molecule has 1 aromatic heterocycles. The Kier molecular flexibility index (Phi) is 4.37. The predicted octanol–water partition coefficient (Wildman–Crippen LogP) is 3.39. The molecule has 3 aromatic rings. The summed E-state index contributed by atoms with van der Waals surface area (Å²) >= 11 is 0. The Morgan fingerprint density at radius 3 is 2.50 bits per heavy atom. The second-order valence-corrected chi connectivity index (χ2v) is 5.26. The van der Waals surface area contributed by atoms with Crippen molar-refractivity contribution in [1.82, 2.24) is 9.97 Å². The van der Waals surface area contributed by atoms with Gasteiger partial charge < -0.3 is 19.8 Å². The number of amides is 1. The van der Waals surface area contributed by atoms with Crippen molar-refractivity contribution >= 4 is 22.6 Å². The number of aryl methyl sites for hydroxylation is 1. The molecule has 0 aliphatic carbocycles. The monoisotopic (exact) mass is 325 g/mol. The van der Waals surface area contributed by atoms with E-state index in [-0.39, 0.29) is 5.91 Å². The molecule has 6 nitrogen and oxygen atoms in total. The van der Waals surface area contributed by atoms with Crippen LogP contribution >= 0.6 is 0 Å². The van der Waals surface area contributed by atoms with Gasteiger partial charge in [-0.15, -0.1) is 0 Å². The number of rotatable bonds is 5. The summed E-state index contributed by atoms with van der Waals surface area (Å²) in [4.78, 5) is 20.4.